The molecule has 0 fully saturated rings. The Morgan fingerprint density at radius 3 is 3.00 bits per heavy atom. The number of aromatic nitrogens is 1. The second-order valence-corrected chi connectivity index (χ2v) is 6.93. The Kier molecular flexibility index (Phi) is 8.86. The summed E-state index contributed by atoms with van der Waals surface area (Å²) in [6.07, 6.45) is 1.88. The molecule has 124 valence electrons. The van der Waals surface area contributed by atoms with Gasteiger partial charge in [0.15, 0.2) is 5.82 Å². The van der Waals surface area contributed by atoms with Crippen LogP contribution < -0.4 is 10.6 Å². The highest BCUT2D eigenvalue weighted by Gasteiger charge is 2.03. The molecule has 0 atom stereocenters. The van der Waals surface area contributed by atoms with Crippen LogP contribution in [0.3, 0.4) is 0 Å². The van der Waals surface area contributed by atoms with Gasteiger partial charge in [-0.15, -0.1) is 11.3 Å². The van der Waals surface area contributed by atoms with Crippen LogP contribution in [0.2, 0.25) is 0 Å². The van der Waals surface area contributed by atoms with E-state index in [4.69, 9.17) is 0 Å². The van der Waals surface area contributed by atoms with Crippen LogP contribution in [0.4, 0.5) is 0 Å². The average molecular weight is 345 g/mol. The average Bonchev–Trinajstić information content (AvgIpc) is 2.87. The third-order valence-corrected chi connectivity index (χ3v) is 4.55. The van der Waals surface area contributed by atoms with E-state index in [1.54, 1.807) is 18.4 Å². The highest BCUT2D eigenvalue weighted by molar-refractivity contribution is 7.98. The Balaban J connectivity index is 2.15. The van der Waals surface area contributed by atoms with E-state index in [1.165, 1.54) is 0 Å². The zero-order chi connectivity index (χ0) is 16.4. The van der Waals surface area contributed by atoms with Gasteiger partial charge in [-0.1, -0.05) is 0 Å². The normalized spacial score (nSPS) is 11.7. The maximum absolute atomic E-state index is 10.4. The predicted molar refractivity (Wildman–Crippen MR) is 92.4 cm³/mol. The van der Waals surface area contributed by atoms with Gasteiger partial charge in [0.1, 0.15) is 5.01 Å². The summed E-state index contributed by atoms with van der Waals surface area (Å²) in [4.78, 5) is 16.6. The summed E-state index contributed by atoms with van der Waals surface area (Å²) in [5.41, 5.74) is 1.13. The maximum Gasteiger partial charge on any atom is 0.274 e. The molecule has 0 bridgehead atoms. The van der Waals surface area contributed by atoms with Gasteiger partial charge in [-0.25, -0.2) is 4.98 Å². The van der Waals surface area contributed by atoms with Crippen molar-refractivity contribution in [1.82, 2.24) is 20.5 Å². The van der Waals surface area contributed by atoms with Gasteiger partial charge in [0.25, 0.3) is 6.20 Å². The van der Waals surface area contributed by atoms with E-state index in [2.05, 4.69) is 25.9 Å². The highest BCUT2D eigenvalue weighted by Crippen LogP contribution is 2.17. The Labute approximate surface area is 139 Å². The van der Waals surface area contributed by atoms with Gasteiger partial charge in [0.05, 0.1) is 10.6 Å². The third kappa shape index (κ3) is 8.20. The van der Waals surface area contributed by atoms with Crippen molar-refractivity contribution >= 4 is 23.1 Å². The molecular formula is C13H23N5O2S2. The van der Waals surface area contributed by atoms with Crippen LogP contribution in [-0.2, 0) is 12.3 Å². The largest absolute Gasteiger partial charge is 0.370 e. The van der Waals surface area contributed by atoms with Crippen LogP contribution in [0.1, 0.15) is 17.1 Å². The van der Waals surface area contributed by atoms with Gasteiger partial charge >= 0.3 is 0 Å². The molecule has 1 aromatic rings. The number of thiazole rings is 1. The molecule has 1 rings (SSSR count). The van der Waals surface area contributed by atoms with E-state index in [-0.39, 0.29) is 0 Å². The molecule has 0 aromatic carbocycles. The molecule has 9 heteroatoms. The van der Waals surface area contributed by atoms with Crippen LogP contribution in [0.15, 0.2) is 17.4 Å². The van der Waals surface area contributed by atoms with Gasteiger partial charge in [-0.2, -0.15) is 11.8 Å². The van der Waals surface area contributed by atoms with E-state index < -0.39 is 4.92 Å². The first-order valence-electron chi connectivity index (χ1n) is 6.94. The van der Waals surface area contributed by atoms with Crippen molar-refractivity contribution in [2.75, 3.05) is 33.4 Å². The Bertz CT molecular complexity index is 491. The molecule has 0 saturated heterocycles. The number of nitrogens with zero attached hydrogens (tertiary/aromatic N) is 3. The second kappa shape index (κ2) is 10.4. The number of nitro groups is 1. The summed E-state index contributed by atoms with van der Waals surface area (Å²) in [6, 6.07) is 0. The lowest BCUT2D eigenvalue weighted by atomic mass is 10.5. The first-order chi connectivity index (χ1) is 10.5. The molecule has 7 nitrogen and oxygen atoms in total. The van der Waals surface area contributed by atoms with Crippen LogP contribution >= 0.6 is 23.1 Å². The molecular weight excluding hydrogens is 322 g/mol. The quantitative estimate of drug-likeness (QED) is 0.359. The predicted octanol–water partition coefficient (Wildman–Crippen LogP) is 1.71. The molecule has 1 aromatic heterocycles. The Morgan fingerprint density at radius 1 is 1.59 bits per heavy atom. The summed E-state index contributed by atoms with van der Waals surface area (Å²) in [5.74, 6) is 2.33. The van der Waals surface area contributed by atoms with Crippen molar-refractivity contribution in [2.24, 2.45) is 0 Å². The van der Waals surface area contributed by atoms with Crippen LogP contribution in [0.25, 0.3) is 0 Å². The van der Waals surface area contributed by atoms with E-state index in [0.29, 0.717) is 12.4 Å². The monoisotopic (exact) mass is 345 g/mol. The molecule has 1 heterocycles. The minimum atomic E-state index is -0.471. The van der Waals surface area contributed by atoms with Gasteiger partial charge < -0.3 is 15.5 Å². The fraction of sp³-hybridized carbons (Fsp3) is 0.615. The van der Waals surface area contributed by atoms with Gasteiger partial charge in [0.2, 0.25) is 0 Å². The van der Waals surface area contributed by atoms with Crippen molar-refractivity contribution in [2.45, 2.75) is 18.7 Å². The third-order valence-electron chi connectivity index (χ3n) is 2.59. The zero-order valence-electron chi connectivity index (χ0n) is 13.2. The molecule has 0 radical (unpaired) electrons. The SMILES string of the molecule is CNC(=C[N+](=O)[O-])NCCCSCc1csc(CN(C)C)n1. The summed E-state index contributed by atoms with van der Waals surface area (Å²) >= 11 is 3.53. The Hall–Kier alpha value is -1.32. The van der Waals surface area contributed by atoms with Crippen LogP contribution in [-0.4, -0.2) is 48.2 Å². The topological polar surface area (TPSA) is 83.3 Å². The number of rotatable bonds is 11. The van der Waals surface area contributed by atoms with Crippen molar-refractivity contribution < 1.29 is 4.92 Å². The molecule has 0 unspecified atom stereocenters. The van der Waals surface area contributed by atoms with Crippen LogP contribution in [0, 0.1) is 10.1 Å². The standard InChI is InChI=1S/C13H23N5O2S2/c1-14-12(7-18(19)20)15-5-4-6-21-9-11-10-22-13(16-11)8-17(2)3/h7,10,14-15H,4-6,8-9H2,1-3H3. The first-order valence-corrected chi connectivity index (χ1v) is 8.97. The van der Waals surface area contributed by atoms with Gasteiger partial charge in [-0.05, 0) is 26.3 Å². The first kappa shape index (κ1) is 18.7. The fourth-order valence-corrected chi connectivity index (χ4v) is 3.50. The van der Waals surface area contributed by atoms with E-state index >= 15 is 0 Å². The Morgan fingerprint density at radius 2 is 2.36 bits per heavy atom. The van der Waals surface area contributed by atoms with Gasteiger partial charge in [0, 0.05) is 31.3 Å². The maximum atomic E-state index is 10.4. The number of thioether (sulfide) groups is 1. The van der Waals surface area contributed by atoms with E-state index in [1.807, 2.05) is 25.9 Å². The van der Waals surface area contributed by atoms with Crippen molar-refractivity contribution in [3.8, 4) is 0 Å². The van der Waals surface area contributed by atoms with Crippen molar-refractivity contribution in [1.29, 1.82) is 0 Å². The molecule has 2 N–H and O–H groups in total. The zero-order valence-corrected chi connectivity index (χ0v) is 14.8. The molecule has 0 aliphatic carbocycles. The number of nitrogens with one attached hydrogen (secondary N) is 2. The molecule has 0 aliphatic rings. The molecule has 0 spiro atoms. The van der Waals surface area contributed by atoms with Crippen molar-refractivity contribution in [3.05, 3.63) is 38.2 Å². The molecule has 22 heavy (non-hydrogen) atoms. The van der Waals surface area contributed by atoms with Gasteiger partial charge in [-0.3, -0.25) is 10.1 Å². The lowest BCUT2D eigenvalue weighted by Crippen LogP contribution is -2.25. The van der Waals surface area contributed by atoms with Crippen LogP contribution in [0.5, 0.6) is 0 Å². The second-order valence-electron chi connectivity index (χ2n) is 4.88. The smallest absolute Gasteiger partial charge is 0.274 e. The molecule has 0 amide bonds. The lowest BCUT2D eigenvalue weighted by molar-refractivity contribution is -0.404. The van der Waals surface area contributed by atoms with Crippen molar-refractivity contribution in [3.63, 3.8) is 0 Å². The summed E-state index contributed by atoms with van der Waals surface area (Å²) < 4.78 is 0. The minimum absolute atomic E-state index is 0.433. The summed E-state index contributed by atoms with van der Waals surface area (Å²) in [7, 11) is 5.73. The molecule has 0 saturated carbocycles. The van der Waals surface area contributed by atoms with E-state index in [9.17, 15) is 10.1 Å². The number of hydrogen-bond acceptors (Lipinski definition) is 8. The highest BCUT2D eigenvalue weighted by atomic mass is 32.2. The minimum Gasteiger partial charge on any atom is -0.370 e. The lowest BCUT2D eigenvalue weighted by Gasteiger charge is -2.07. The number of hydrogen-bond donors (Lipinski definition) is 2. The fourth-order valence-electron chi connectivity index (χ4n) is 1.64. The summed E-state index contributed by atoms with van der Waals surface area (Å²) in [5, 5.41) is 19.4. The molecule has 0 aliphatic heterocycles. The van der Waals surface area contributed by atoms with E-state index in [0.717, 1.165) is 41.4 Å². The summed E-state index contributed by atoms with van der Waals surface area (Å²) in [6.45, 7) is 1.59.